The van der Waals surface area contributed by atoms with E-state index < -0.39 is 94.3 Å². The Morgan fingerprint density at radius 3 is 1.95 bits per heavy atom. The average molecular weight is 1100 g/mol. The van der Waals surface area contributed by atoms with E-state index >= 15 is 0 Å². The van der Waals surface area contributed by atoms with E-state index in [1.807, 2.05) is 58.9 Å². The summed E-state index contributed by atoms with van der Waals surface area (Å²) < 4.78 is 0. The number of rotatable bonds is 12. The van der Waals surface area contributed by atoms with Gasteiger partial charge in [-0.25, -0.2) is 0 Å². The summed E-state index contributed by atoms with van der Waals surface area (Å²) in [4.78, 5) is 132. The number of nitrogens with zero attached hydrogens (tertiary/aromatic N) is 1. The number of phenols is 1. The maximum atomic E-state index is 14.9. The highest BCUT2D eigenvalue weighted by Gasteiger charge is 2.42. The van der Waals surface area contributed by atoms with Crippen molar-refractivity contribution in [3.63, 3.8) is 0 Å². The Balaban J connectivity index is 1.49. The minimum Gasteiger partial charge on any atom is -0.508 e. The number of nitrogens with two attached hydrogens (primary N) is 1. The highest BCUT2D eigenvalue weighted by molar-refractivity contribution is 5.98. The predicted octanol–water partition coefficient (Wildman–Crippen LogP) is 8.11. The lowest BCUT2D eigenvalue weighted by Gasteiger charge is -2.29. The van der Waals surface area contributed by atoms with Crippen molar-refractivity contribution < 1.29 is 53.4 Å². The number of Topliss-reactive ketones (excluding diaryl/α,β-unsaturated/α-hetero) is 4. The van der Waals surface area contributed by atoms with Crippen molar-refractivity contribution in [2.45, 2.75) is 189 Å². The van der Waals surface area contributed by atoms with Gasteiger partial charge in [0.1, 0.15) is 11.5 Å². The summed E-state index contributed by atoms with van der Waals surface area (Å²) in [5.74, 6) is -8.03. The monoisotopic (exact) mass is 1090 g/mol. The molecule has 79 heavy (non-hydrogen) atoms. The SMILES string of the molecule is CC(C)C[C@@H]1CC(=O)[C@H](C)NC(=O)[C@H](Cc2[nH]cc3ccccc23)CC(=O)[C@H](Cc2ccc(O)cc2)NC(=O)[C@H](CCC(=O)O)CC(=O)[C@@]2(C)CCN(CCCCCCCCC[C@@](C)(C(N)=O)CC(=O)[C@H](CC(C)C)NC1=O)C2. The quantitative estimate of drug-likeness (QED) is 0.0906. The largest absolute Gasteiger partial charge is 0.508 e. The summed E-state index contributed by atoms with van der Waals surface area (Å²) >= 11 is 0. The normalized spacial score (nSPS) is 27.9. The smallest absolute Gasteiger partial charge is 0.303 e. The van der Waals surface area contributed by atoms with E-state index in [1.165, 1.54) is 19.1 Å². The number of aromatic nitrogens is 1. The van der Waals surface area contributed by atoms with Crippen LogP contribution in [0.15, 0.2) is 54.7 Å². The van der Waals surface area contributed by atoms with Gasteiger partial charge < -0.3 is 41.8 Å². The molecule has 5 rings (SSSR count). The van der Waals surface area contributed by atoms with Gasteiger partial charge >= 0.3 is 5.97 Å². The van der Waals surface area contributed by atoms with Gasteiger partial charge in [-0.3, -0.25) is 43.2 Å². The fourth-order valence-corrected chi connectivity index (χ4v) is 11.4. The lowest BCUT2D eigenvalue weighted by Crippen LogP contribution is -2.49. The first kappa shape index (κ1) is 63.6. The first-order valence-corrected chi connectivity index (χ1v) is 29.0. The van der Waals surface area contributed by atoms with Gasteiger partial charge in [-0.05, 0) is 99.9 Å². The van der Waals surface area contributed by atoms with Crippen LogP contribution >= 0.6 is 0 Å². The molecule has 8 N–H and O–H groups in total. The van der Waals surface area contributed by atoms with Gasteiger partial charge in [0.25, 0.3) is 0 Å². The molecule has 17 nitrogen and oxygen atoms in total. The molecule has 17 heteroatoms. The summed E-state index contributed by atoms with van der Waals surface area (Å²) in [6, 6.07) is 10.3. The number of carbonyl (C=O) groups is 9. The van der Waals surface area contributed by atoms with Crippen molar-refractivity contribution in [1.29, 1.82) is 0 Å². The zero-order valence-electron chi connectivity index (χ0n) is 48.0. The van der Waals surface area contributed by atoms with Gasteiger partial charge in [-0.15, -0.1) is 0 Å². The minimum absolute atomic E-state index is 0.000539. The van der Waals surface area contributed by atoms with Crippen LogP contribution in [0.2, 0.25) is 0 Å². The second-order valence-corrected chi connectivity index (χ2v) is 24.4. The summed E-state index contributed by atoms with van der Waals surface area (Å²) in [5, 5.41) is 30.3. The number of nitrogens with one attached hydrogen (secondary N) is 4. The molecule has 0 radical (unpaired) electrons. The first-order valence-electron chi connectivity index (χ1n) is 29.0. The zero-order valence-corrected chi connectivity index (χ0v) is 48.0. The van der Waals surface area contributed by atoms with Crippen LogP contribution in [0.25, 0.3) is 10.8 Å². The number of amides is 4. The molecule has 0 saturated carbocycles. The van der Waals surface area contributed by atoms with Crippen LogP contribution in [0.4, 0.5) is 0 Å². The van der Waals surface area contributed by atoms with Gasteiger partial charge in [0.15, 0.2) is 17.3 Å². The lowest BCUT2D eigenvalue weighted by atomic mass is 9.77. The molecule has 2 bridgehead atoms. The number of aromatic amines is 1. The second-order valence-electron chi connectivity index (χ2n) is 24.4. The van der Waals surface area contributed by atoms with Gasteiger partial charge in [0.2, 0.25) is 23.6 Å². The van der Waals surface area contributed by atoms with Gasteiger partial charge in [-0.1, -0.05) is 116 Å². The van der Waals surface area contributed by atoms with Gasteiger partial charge in [0.05, 0.1) is 29.5 Å². The molecule has 9 atom stereocenters. The zero-order chi connectivity index (χ0) is 58.0. The van der Waals surface area contributed by atoms with Gasteiger partial charge in [-0.2, -0.15) is 0 Å². The molecular weight excluding hydrogens is 1000 g/mol. The Morgan fingerprint density at radius 2 is 1.29 bits per heavy atom. The van der Waals surface area contributed by atoms with Crippen molar-refractivity contribution >= 4 is 63.5 Å². The molecule has 1 unspecified atom stereocenters. The topological polar surface area (TPSA) is 275 Å². The minimum atomic E-state index is -1.25. The number of ketones is 4. The Morgan fingerprint density at radius 1 is 0.684 bits per heavy atom. The average Bonchev–Trinajstić information content (AvgIpc) is 4.07. The van der Waals surface area contributed by atoms with E-state index in [0.29, 0.717) is 56.5 Å². The Bertz CT molecular complexity index is 2590. The van der Waals surface area contributed by atoms with Crippen molar-refractivity contribution in [3.8, 4) is 5.75 Å². The first-order chi connectivity index (χ1) is 37.4. The highest BCUT2D eigenvalue weighted by atomic mass is 16.4. The summed E-state index contributed by atoms with van der Waals surface area (Å²) in [7, 11) is 0. The predicted molar refractivity (Wildman–Crippen MR) is 303 cm³/mol. The second kappa shape index (κ2) is 29.8. The van der Waals surface area contributed by atoms with E-state index in [2.05, 4.69) is 25.8 Å². The highest BCUT2D eigenvalue weighted by Crippen LogP contribution is 2.35. The number of aromatic hydroxyl groups is 1. The number of carbonyl (C=O) groups excluding carboxylic acids is 8. The molecule has 2 aliphatic rings. The van der Waals surface area contributed by atoms with Crippen LogP contribution in [-0.2, 0) is 56.0 Å². The van der Waals surface area contributed by atoms with Crippen LogP contribution in [0.1, 0.15) is 169 Å². The number of fused-ring (bicyclic) bond motifs is 3. The van der Waals surface area contributed by atoms with Crippen LogP contribution in [0, 0.1) is 40.4 Å². The number of phenolic OH excluding ortho intramolecular Hbond substituents is 1. The molecule has 4 amide bonds. The number of carboxylic acid groups (broad SMARTS) is 1. The van der Waals surface area contributed by atoms with Crippen LogP contribution in [0.5, 0.6) is 5.75 Å². The van der Waals surface area contributed by atoms with E-state index in [0.717, 1.165) is 55.8 Å². The number of hydrogen-bond donors (Lipinski definition) is 7. The third kappa shape index (κ3) is 19.5. The molecule has 3 aromatic rings. The van der Waals surface area contributed by atoms with Gasteiger partial charge in [0, 0.05) is 79.6 Å². The van der Waals surface area contributed by atoms with E-state index in [1.54, 1.807) is 25.3 Å². The Kier molecular flexibility index (Phi) is 24.0. The molecule has 1 aromatic heterocycles. The third-order valence-corrected chi connectivity index (χ3v) is 16.5. The van der Waals surface area contributed by atoms with Crippen LogP contribution < -0.4 is 21.7 Å². The fourth-order valence-electron chi connectivity index (χ4n) is 11.4. The van der Waals surface area contributed by atoms with E-state index in [-0.39, 0.29) is 74.1 Å². The maximum Gasteiger partial charge on any atom is 0.303 e. The molecular formula is C62H90N6O11. The molecule has 0 aliphatic carbocycles. The maximum absolute atomic E-state index is 14.9. The van der Waals surface area contributed by atoms with Crippen LogP contribution in [0.3, 0.4) is 0 Å². The van der Waals surface area contributed by atoms with Crippen LogP contribution in [-0.4, -0.2) is 111 Å². The van der Waals surface area contributed by atoms with Crippen molar-refractivity contribution in [2.75, 3.05) is 19.6 Å². The number of carboxylic acids is 1. The summed E-state index contributed by atoms with van der Waals surface area (Å²) in [6.07, 6.45) is 8.18. The number of aliphatic carboxylic acids is 1. The molecule has 3 heterocycles. The number of benzene rings is 2. The standard InChI is InChI=1S/C62H90N6O11/c1-39(2)29-45-33-52(70)41(5)65-58(77)46(32-49-48-18-14-13-17-44(48)37-64-49)34-53(71)51(31-42-19-22-47(69)23-20-42)67-57(76)43(21-24-56(74)75)35-55(73)62(7)26-28-68(38-62)27-16-12-10-8-9-11-15-25-61(6,60(63)79)36-54(72)50(30-40(3)4)66-59(45)78/h13-14,17-20,22-23,37,39-41,43,45-46,50-51,64,69H,8-12,15-16,21,24-36,38H2,1-7H3,(H2,63,79)(H,65,77)(H,66,78)(H,67,76)(H,74,75)/t41-,43+,45+,46+,50-,51-,61+,62-/m0/s1. The van der Waals surface area contributed by atoms with Crippen molar-refractivity contribution in [1.82, 2.24) is 25.8 Å². The summed E-state index contributed by atoms with van der Waals surface area (Å²) in [5.41, 5.74) is 5.32. The van der Waals surface area contributed by atoms with Crippen molar-refractivity contribution in [2.24, 2.45) is 46.2 Å². The Labute approximate surface area is 467 Å². The molecule has 2 fully saturated rings. The number of primary amides is 1. The summed E-state index contributed by atoms with van der Waals surface area (Å²) in [6.45, 7) is 14.8. The fraction of sp³-hybridized carbons (Fsp3) is 0.629. The molecule has 2 aliphatic heterocycles. The molecule has 434 valence electrons. The molecule has 2 saturated heterocycles. The van der Waals surface area contributed by atoms with E-state index in [4.69, 9.17) is 5.73 Å². The number of H-pyrrole nitrogens is 1. The third-order valence-electron chi connectivity index (χ3n) is 16.5. The van der Waals surface area contributed by atoms with E-state index in [9.17, 15) is 53.4 Å². The van der Waals surface area contributed by atoms with Crippen molar-refractivity contribution in [3.05, 3.63) is 66.0 Å². The molecule has 0 spiro atoms. The Hall–Kier alpha value is -6.23. The molecule has 2 aromatic carbocycles. The lowest BCUT2D eigenvalue weighted by molar-refractivity contribution is -0.139. The number of hydrogen-bond acceptors (Lipinski definition) is 11.